The number of nitrogens with zero attached hydrogens (tertiary/aromatic N) is 2. The van der Waals surface area contributed by atoms with Crippen molar-refractivity contribution in [1.29, 1.82) is 0 Å². The van der Waals surface area contributed by atoms with Crippen LogP contribution in [0.25, 0.3) is 0 Å². The summed E-state index contributed by atoms with van der Waals surface area (Å²) < 4.78 is 0. The Bertz CT molecular complexity index is 409. The molecule has 5 nitrogen and oxygen atoms in total. The molecule has 1 amide bonds. The van der Waals surface area contributed by atoms with E-state index in [9.17, 15) is 4.79 Å². The van der Waals surface area contributed by atoms with Crippen LogP contribution in [-0.2, 0) is 11.3 Å². The summed E-state index contributed by atoms with van der Waals surface area (Å²) in [6.07, 6.45) is 3.22. The number of nitrogens with two attached hydrogens (primary N) is 1. The van der Waals surface area contributed by atoms with Gasteiger partial charge in [0.25, 0.3) is 0 Å². The fraction of sp³-hybridized carbons (Fsp3) is 0.600. The first-order valence-corrected chi connectivity index (χ1v) is 7.36. The van der Waals surface area contributed by atoms with Gasteiger partial charge in [0.1, 0.15) is 5.82 Å². The van der Waals surface area contributed by atoms with E-state index in [0.717, 1.165) is 43.9 Å². The Balaban J connectivity index is 2.63. The SMILES string of the molecule is CCCCN(CC(N)=O)Cc1cccc(NCCC)n1. The molecule has 0 aliphatic rings. The van der Waals surface area contributed by atoms with Gasteiger partial charge in [0.2, 0.25) is 5.91 Å². The average molecular weight is 278 g/mol. The van der Waals surface area contributed by atoms with Crippen LogP contribution in [0.4, 0.5) is 5.82 Å². The zero-order valence-corrected chi connectivity index (χ0v) is 12.6. The lowest BCUT2D eigenvalue weighted by Crippen LogP contribution is -2.34. The Morgan fingerprint density at radius 3 is 2.80 bits per heavy atom. The first kappa shape index (κ1) is 16.4. The van der Waals surface area contributed by atoms with Crippen molar-refractivity contribution in [3.8, 4) is 0 Å². The number of primary amides is 1. The zero-order valence-electron chi connectivity index (χ0n) is 12.6. The van der Waals surface area contributed by atoms with Crippen LogP contribution in [0, 0.1) is 0 Å². The number of carbonyl (C=O) groups excluding carboxylic acids is 1. The molecular weight excluding hydrogens is 252 g/mol. The smallest absolute Gasteiger partial charge is 0.231 e. The van der Waals surface area contributed by atoms with Gasteiger partial charge in [0.05, 0.1) is 12.2 Å². The van der Waals surface area contributed by atoms with Crippen LogP contribution >= 0.6 is 0 Å². The van der Waals surface area contributed by atoms with Crippen molar-refractivity contribution < 1.29 is 4.79 Å². The fourth-order valence-corrected chi connectivity index (χ4v) is 1.96. The molecule has 3 N–H and O–H groups in total. The number of hydrogen-bond acceptors (Lipinski definition) is 4. The fourth-order valence-electron chi connectivity index (χ4n) is 1.96. The van der Waals surface area contributed by atoms with Crippen molar-refractivity contribution in [2.24, 2.45) is 5.73 Å². The molecule has 0 fully saturated rings. The van der Waals surface area contributed by atoms with Crippen molar-refractivity contribution in [2.75, 3.05) is 25.0 Å². The van der Waals surface area contributed by atoms with E-state index in [1.54, 1.807) is 0 Å². The molecule has 0 aliphatic carbocycles. The Labute approximate surface area is 121 Å². The van der Waals surface area contributed by atoms with Gasteiger partial charge in [-0.2, -0.15) is 0 Å². The molecule has 1 heterocycles. The molecule has 0 saturated heterocycles. The van der Waals surface area contributed by atoms with Crippen LogP contribution < -0.4 is 11.1 Å². The predicted octanol–water partition coefficient (Wildman–Crippen LogP) is 1.99. The highest BCUT2D eigenvalue weighted by molar-refractivity contribution is 5.75. The van der Waals surface area contributed by atoms with Crippen LogP contribution in [0.5, 0.6) is 0 Å². The summed E-state index contributed by atoms with van der Waals surface area (Å²) in [7, 11) is 0. The van der Waals surface area contributed by atoms with E-state index < -0.39 is 0 Å². The Kier molecular flexibility index (Phi) is 7.65. The third-order valence-electron chi connectivity index (χ3n) is 2.96. The maximum atomic E-state index is 11.1. The number of pyridine rings is 1. The molecule has 0 aliphatic heterocycles. The highest BCUT2D eigenvalue weighted by Crippen LogP contribution is 2.08. The van der Waals surface area contributed by atoms with Crippen molar-refractivity contribution in [3.05, 3.63) is 23.9 Å². The van der Waals surface area contributed by atoms with Crippen molar-refractivity contribution in [3.63, 3.8) is 0 Å². The third-order valence-corrected chi connectivity index (χ3v) is 2.96. The highest BCUT2D eigenvalue weighted by atomic mass is 16.1. The standard InChI is InChI=1S/C15H26N4O/c1-3-5-10-19(12-14(16)20)11-13-7-6-8-15(18-13)17-9-4-2/h6-8H,3-5,9-12H2,1-2H3,(H2,16,20)(H,17,18). The van der Waals surface area contributed by atoms with Crippen LogP contribution in [0.2, 0.25) is 0 Å². The van der Waals surface area contributed by atoms with Gasteiger partial charge in [-0.3, -0.25) is 9.69 Å². The summed E-state index contributed by atoms with van der Waals surface area (Å²) in [5, 5.41) is 3.27. The lowest BCUT2D eigenvalue weighted by atomic mass is 10.2. The molecule has 0 radical (unpaired) electrons. The summed E-state index contributed by atoms with van der Waals surface area (Å²) in [5.41, 5.74) is 6.26. The minimum atomic E-state index is -0.290. The topological polar surface area (TPSA) is 71.2 Å². The second kappa shape index (κ2) is 9.31. The monoisotopic (exact) mass is 278 g/mol. The van der Waals surface area contributed by atoms with Crippen LogP contribution in [0.15, 0.2) is 18.2 Å². The van der Waals surface area contributed by atoms with Crippen molar-refractivity contribution in [1.82, 2.24) is 9.88 Å². The van der Waals surface area contributed by atoms with Gasteiger partial charge in [-0.05, 0) is 31.5 Å². The lowest BCUT2D eigenvalue weighted by Gasteiger charge is -2.20. The number of amides is 1. The van der Waals surface area contributed by atoms with Gasteiger partial charge in [0.15, 0.2) is 0 Å². The molecule has 0 aromatic carbocycles. The summed E-state index contributed by atoms with van der Waals surface area (Å²) in [5.74, 6) is 0.597. The first-order valence-electron chi connectivity index (χ1n) is 7.36. The van der Waals surface area contributed by atoms with Gasteiger partial charge in [-0.1, -0.05) is 26.3 Å². The molecule has 5 heteroatoms. The minimum absolute atomic E-state index is 0.286. The van der Waals surface area contributed by atoms with E-state index in [1.165, 1.54) is 0 Å². The van der Waals surface area contributed by atoms with Crippen LogP contribution in [0.3, 0.4) is 0 Å². The van der Waals surface area contributed by atoms with E-state index in [4.69, 9.17) is 5.73 Å². The van der Waals surface area contributed by atoms with E-state index >= 15 is 0 Å². The second-order valence-electron chi connectivity index (χ2n) is 4.97. The second-order valence-corrected chi connectivity index (χ2v) is 4.97. The van der Waals surface area contributed by atoms with Gasteiger partial charge in [-0.25, -0.2) is 4.98 Å². The summed E-state index contributed by atoms with van der Waals surface area (Å²) in [6, 6.07) is 5.93. The van der Waals surface area contributed by atoms with Crippen LogP contribution in [-0.4, -0.2) is 35.4 Å². The highest BCUT2D eigenvalue weighted by Gasteiger charge is 2.09. The van der Waals surface area contributed by atoms with E-state index in [2.05, 4.69) is 29.0 Å². The van der Waals surface area contributed by atoms with E-state index in [-0.39, 0.29) is 12.5 Å². The molecule has 0 unspecified atom stereocenters. The third kappa shape index (κ3) is 6.52. The van der Waals surface area contributed by atoms with Gasteiger partial charge in [0, 0.05) is 13.1 Å². The Morgan fingerprint density at radius 2 is 2.15 bits per heavy atom. The molecule has 20 heavy (non-hydrogen) atoms. The molecule has 0 saturated carbocycles. The number of unbranched alkanes of at least 4 members (excludes halogenated alkanes) is 1. The molecule has 0 bridgehead atoms. The zero-order chi connectivity index (χ0) is 14.8. The van der Waals surface area contributed by atoms with Gasteiger partial charge in [-0.15, -0.1) is 0 Å². The molecule has 1 rings (SSSR count). The molecular formula is C15H26N4O. The Morgan fingerprint density at radius 1 is 1.35 bits per heavy atom. The predicted molar refractivity (Wildman–Crippen MR) is 82.4 cm³/mol. The van der Waals surface area contributed by atoms with E-state index in [0.29, 0.717) is 6.54 Å². The van der Waals surface area contributed by atoms with Crippen molar-refractivity contribution in [2.45, 2.75) is 39.7 Å². The Hall–Kier alpha value is -1.62. The normalized spacial score (nSPS) is 10.8. The number of rotatable bonds is 10. The van der Waals surface area contributed by atoms with E-state index in [1.807, 2.05) is 18.2 Å². The summed E-state index contributed by atoms with van der Waals surface area (Å²) in [6.45, 7) is 6.98. The summed E-state index contributed by atoms with van der Waals surface area (Å²) in [4.78, 5) is 17.7. The molecule has 1 aromatic heterocycles. The minimum Gasteiger partial charge on any atom is -0.370 e. The maximum Gasteiger partial charge on any atom is 0.231 e. The average Bonchev–Trinajstić information content (AvgIpc) is 2.42. The molecule has 0 atom stereocenters. The molecule has 1 aromatic rings. The van der Waals surface area contributed by atoms with Crippen LogP contribution in [0.1, 0.15) is 38.8 Å². The lowest BCUT2D eigenvalue weighted by molar-refractivity contribution is -0.119. The largest absolute Gasteiger partial charge is 0.370 e. The summed E-state index contributed by atoms with van der Waals surface area (Å²) >= 11 is 0. The van der Waals surface area contributed by atoms with Gasteiger partial charge >= 0.3 is 0 Å². The number of nitrogens with one attached hydrogen (secondary N) is 1. The number of carbonyl (C=O) groups is 1. The molecule has 112 valence electrons. The number of aromatic nitrogens is 1. The first-order chi connectivity index (χ1) is 9.65. The quantitative estimate of drug-likeness (QED) is 0.686. The molecule has 0 spiro atoms. The number of hydrogen-bond donors (Lipinski definition) is 2. The number of anilines is 1. The maximum absolute atomic E-state index is 11.1. The van der Waals surface area contributed by atoms with Gasteiger partial charge < -0.3 is 11.1 Å². The van der Waals surface area contributed by atoms with Crippen molar-refractivity contribution >= 4 is 11.7 Å².